The highest BCUT2D eigenvalue weighted by atomic mass is 19.4. The molecule has 0 spiro atoms. The topological polar surface area (TPSA) is 116 Å². The summed E-state index contributed by atoms with van der Waals surface area (Å²) < 4.78 is 105. The van der Waals surface area contributed by atoms with Crippen molar-refractivity contribution in [3.8, 4) is 5.75 Å². The number of hydrogen-bond acceptors (Lipinski definition) is 5. The van der Waals surface area contributed by atoms with Crippen LogP contribution >= 0.6 is 0 Å². The summed E-state index contributed by atoms with van der Waals surface area (Å²) in [6, 6.07) is 3.04. The van der Waals surface area contributed by atoms with Crippen molar-refractivity contribution in [1.29, 1.82) is 0 Å². The molecule has 3 rings (SSSR count). The van der Waals surface area contributed by atoms with Crippen molar-refractivity contribution in [1.82, 2.24) is 4.73 Å². The van der Waals surface area contributed by atoms with Gasteiger partial charge >= 0.3 is 12.8 Å². The van der Waals surface area contributed by atoms with E-state index in [-0.39, 0.29) is 5.36 Å². The van der Waals surface area contributed by atoms with Gasteiger partial charge in [0.2, 0.25) is 5.82 Å². The third-order valence-corrected chi connectivity index (χ3v) is 5.97. The molecule has 4 atom stereocenters. The van der Waals surface area contributed by atoms with Crippen molar-refractivity contribution in [3.05, 3.63) is 58.7 Å². The lowest BCUT2D eigenvalue weighted by Crippen LogP contribution is -2.47. The van der Waals surface area contributed by atoms with E-state index in [9.17, 15) is 45.5 Å². The highest BCUT2D eigenvalue weighted by Gasteiger charge is 2.66. The second-order valence-corrected chi connectivity index (χ2v) is 8.04. The Hall–Kier alpha value is -3.62. The zero-order valence-corrected chi connectivity index (χ0v) is 18.4. The van der Waals surface area contributed by atoms with Gasteiger partial charge in [0, 0.05) is 23.6 Å². The zero-order chi connectivity index (χ0) is 27.2. The molecular formula is C21H18F7N3O5. The number of primary amides is 1. The fraction of sp³-hybridized carbons (Fsp3) is 0.381. The summed E-state index contributed by atoms with van der Waals surface area (Å²) in [4.78, 5) is 28.0. The fourth-order valence-electron chi connectivity index (χ4n) is 3.95. The highest BCUT2D eigenvalue weighted by Crippen LogP contribution is 2.55. The minimum absolute atomic E-state index is 0.304. The van der Waals surface area contributed by atoms with Crippen LogP contribution < -0.4 is 15.8 Å². The number of amides is 2. The smallest absolute Gasteiger partial charge is 0.417 e. The summed E-state index contributed by atoms with van der Waals surface area (Å²) >= 11 is 0. The Labute approximate surface area is 197 Å². The van der Waals surface area contributed by atoms with Crippen molar-refractivity contribution in [2.75, 3.05) is 0 Å². The maximum Gasteiger partial charge on any atom is 0.417 e. The van der Waals surface area contributed by atoms with Gasteiger partial charge in [-0.05, 0) is 25.1 Å². The maximum absolute atomic E-state index is 14.4. The van der Waals surface area contributed by atoms with Crippen LogP contribution in [0.3, 0.4) is 0 Å². The van der Waals surface area contributed by atoms with Crippen LogP contribution in [-0.2, 0) is 9.53 Å². The third kappa shape index (κ3) is 4.74. The van der Waals surface area contributed by atoms with Crippen LogP contribution in [0.15, 0.2) is 35.5 Å². The van der Waals surface area contributed by atoms with Gasteiger partial charge in [0.15, 0.2) is 17.2 Å². The Balaban J connectivity index is 2.20. The number of rotatable bonds is 5. The molecule has 196 valence electrons. The number of hydrogen-bond donors (Lipinski definition) is 2. The summed E-state index contributed by atoms with van der Waals surface area (Å²) in [5, 5.41) is 9.25. The van der Waals surface area contributed by atoms with Crippen LogP contribution in [0.2, 0.25) is 0 Å². The van der Waals surface area contributed by atoms with Crippen LogP contribution in [0.5, 0.6) is 5.75 Å². The third-order valence-electron chi connectivity index (χ3n) is 5.97. The first-order chi connectivity index (χ1) is 16.6. The maximum atomic E-state index is 14.4. The molecule has 2 aromatic rings. The van der Waals surface area contributed by atoms with Crippen molar-refractivity contribution < 1.29 is 55.0 Å². The molecular weight excluding hydrogens is 507 g/mol. The van der Waals surface area contributed by atoms with Crippen molar-refractivity contribution in [2.45, 2.75) is 44.3 Å². The van der Waals surface area contributed by atoms with Gasteiger partial charge in [0.05, 0.1) is 5.36 Å². The Morgan fingerprint density at radius 2 is 1.89 bits per heavy atom. The number of halogens is 7. The molecule has 1 saturated heterocycles. The monoisotopic (exact) mass is 525 g/mol. The molecule has 1 aromatic heterocycles. The average Bonchev–Trinajstić information content (AvgIpc) is 3.04. The molecule has 2 heterocycles. The Morgan fingerprint density at radius 1 is 1.25 bits per heavy atom. The minimum atomic E-state index is -5.09. The standard InChI is InChI=1S/C21H18F7N3O5/c1-8-13(10-3-4-11(22)14(23)15(10)35-19(24)25)16(36-20(8,2)21(26,27)28)18(33)30-9-5-6-31(34)12(7-9)17(29)32/h3-8,13,16,19,34H,1-2H3,(H2,29,32)/t8-,13+,16-,20-/m0/s1. The van der Waals surface area contributed by atoms with E-state index in [0.29, 0.717) is 23.8 Å². The first kappa shape index (κ1) is 27.0. The van der Waals surface area contributed by atoms with E-state index in [1.54, 1.807) is 0 Å². The quantitative estimate of drug-likeness (QED) is 0.459. The number of alkyl halides is 5. The average molecular weight is 525 g/mol. The molecule has 1 fully saturated rings. The molecule has 0 bridgehead atoms. The number of ether oxygens (including phenoxy) is 2. The predicted molar refractivity (Wildman–Crippen MR) is 105 cm³/mol. The number of nitrogens with two attached hydrogens (primary N) is 1. The Kier molecular flexibility index (Phi) is 7.08. The van der Waals surface area contributed by atoms with Gasteiger partial charge in [-0.15, -0.1) is 0 Å². The molecule has 15 heteroatoms. The molecule has 0 aliphatic carbocycles. The molecule has 2 amide bonds. The van der Waals surface area contributed by atoms with Gasteiger partial charge in [-0.25, -0.2) is 9.38 Å². The predicted octanol–water partition coefficient (Wildman–Crippen LogP) is 3.27. The van der Waals surface area contributed by atoms with Gasteiger partial charge in [0.25, 0.3) is 11.8 Å². The van der Waals surface area contributed by atoms with Crippen LogP contribution in [0.1, 0.15) is 35.8 Å². The summed E-state index contributed by atoms with van der Waals surface area (Å²) in [5.41, 5.74) is 0.832. The van der Waals surface area contributed by atoms with Gasteiger partial charge in [-0.1, -0.05) is 13.0 Å². The number of carbonyl (C=O) groups excluding carboxylic acids is 2. The van der Waals surface area contributed by atoms with Crippen LogP contribution in [0.25, 0.3) is 0 Å². The van der Waals surface area contributed by atoms with Crippen LogP contribution in [0.4, 0.5) is 30.7 Å². The van der Waals surface area contributed by atoms with Crippen LogP contribution in [0, 0.1) is 17.6 Å². The zero-order valence-electron chi connectivity index (χ0n) is 18.4. The number of benzene rings is 1. The van der Waals surface area contributed by atoms with E-state index in [0.717, 1.165) is 25.3 Å². The molecule has 0 unspecified atom stereocenters. The summed E-state index contributed by atoms with van der Waals surface area (Å²) in [6.07, 6.45) is -6.35. The Bertz CT molecular complexity index is 1260. The van der Waals surface area contributed by atoms with E-state index in [4.69, 9.17) is 10.5 Å². The number of aromatic nitrogens is 1. The molecule has 36 heavy (non-hydrogen) atoms. The van der Waals surface area contributed by atoms with E-state index >= 15 is 0 Å². The normalized spacial score (nSPS) is 24.8. The minimum Gasteiger partial charge on any atom is -0.431 e. The second-order valence-electron chi connectivity index (χ2n) is 8.04. The molecule has 0 saturated carbocycles. The van der Waals surface area contributed by atoms with Gasteiger partial charge < -0.3 is 20.4 Å². The summed E-state index contributed by atoms with van der Waals surface area (Å²) in [5.74, 6) is -10.9. The molecule has 3 N–H and O–H groups in total. The van der Waals surface area contributed by atoms with Crippen molar-refractivity contribution in [2.24, 2.45) is 16.6 Å². The van der Waals surface area contributed by atoms with Gasteiger partial charge in [-0.2, -0.15) is 31.1 Å². The molecule has 1 aliphatic heterocycles. The first-order valence-corrected chi connectivity index (χ1v) is 10.1. The lowest BCUT2D eigenvalue weighted by molar-refractivity contribution is -0.272. The molecule has 0 radical (unpaired) electrons. The van der Waals surface area contributed by atoms with Crippen molar-refractivity contribution >= 4 is 11.8 Å². The number of nitrogens with zero attached hydrogens (tertiary/aromatic N) is 2. The molecule has 8 nitrogen and oxygen atoms in total. The van der Waals surface area contributed by atoms with Crippen LogP contribution in [-0.4, -0.2) is 46.2 Å². The fourth-order valence-corrected chi connectivity index (χ4v) is 3.95. The first-order valence-electron chi connectivity index (χ1n) is 10.1. The SMILES string of the molecule is C[C@H]1[C@H](c2ccc(F)c(F)c2OC(F)F)[C@@H](C(=O)N=c2ccn(O)c(C(N)=O)c2)O[C@]1(C)C(F)(F)F. The largest absolute Gasteiger partial charge is 0.431 e. The van der Waals surface area contributed by atoms with Gasteiger partial charge in [-0.3, -0.25) is 9.59 Å². The second kappa shape index (κ2) is 9.44. The molecule has 1 aliphatic rings. The van der Waals surface area contributed by atoms with E-state index in [1.165, 1.54) is 0 Å². The van der Waals surface area contributed by atoms with Crippen molar-refractivity contribution in [3.63, 3.8) is 0 Å². The lowest BCUT2D eigenvalue weighted by Gasteiger charge is -2.32. The summed E-state index contributed by atoms with van der Waals surface area (Å²) in [6.45, 7) is -2.08. The number of pyridine rings is 1. The number of carbonyl (C=O) groups is 2. The van der Waals surface area contributed by atoms with E-state index < -0.39 is 76.8 Å². The molecule has 1 aromatic carbocycles. The highest BCUT2D eigenvalue weighted by molar-refractivity contribution is 5.91. The van der Waals surface area contributed by atoms with Gasteiger partial charge in [0.1, 0.15) is 11.8 Å². The summed E-state index contributed by atoms with van der Waals surface area (Å²) in [7, 11) is 0. The van der Waals surface area contributed by atoms with E-state index in [1.807, 2.05) is 0 Å². The van der Waals surface area contributed by atoms with E-state index in [2.05, 4.69) is 9.73 Å². The lowest BCUT2D eigenvalue weighted by atomic mass is 9.77. The Morgan fingerprint density at radius 3 is 2.44 bits per heavy atom.